The number of aromatic nitrogens is 5. The lowest BCUT2D eigenvalue weighted by molar-refractivity contribution is 0.601. The molecule has 0 aliphatic rings. The van der Waals surface area contributed by atoms with Gasteiger partial charge in [0.2, 0.25) is 0 Å². The molecule has 26 heavy (non-hydrogen) atoms. The third-order valence-corrected chi connectivity index (χ3v) is 5.80. The lowest BCUT2D eigenvalue weighted by atomic mass is 10.1. The van der Waals surface area contributed by atoms with Gasteiger partial charge in [0.25, 0.3) is 16.0 Å². The van der Waals surface area contributed by atoms with E-state index in [9.17, 15) is 8.42 Å². The van der Waals surface area contributed by atoms with E-state index in [1.54, 1.807) is 16.8 Å². The van der Waals surface area contributed by atoms with Crippen LogP contribution in [0.5, 0.6) is 0 Å². The van der Waals surface area contributed by atoms with Crippen molar-refractivity contribution in [3.8, 4) is 0 Å². The van der Waals surface area contributed by atoms with E-state index in [1.807, 2.05) is 31.2 Å². The zero-order valence-corrected chi connectivity index (χ0v) is 15.3. The Morgan fingerprint density at radius 1 is 1.12 bits per heavy atom. The van der Waals surface area contributed by atoms with Gasteiger partial charge in [-0.25, -0.2) is 17.8 Å². The van der Waals surface area contributed by atoms with Crippen LogP contribution in [0.1, 0.15) is 11.1 Å². The first-order chi connectivity index (χ1) is 12.5. The summed E-state index contributed by atoms with van der Waals surface area (Å²) in [4.78, 5) is 4.10. The van der Waals surface area contributed by atoms with Crippen LogP contribution in [0.25, 0.3) is 11.0 Å². The third-order valence-electron chi connectivity index (χ3n) is 3.89. The Hall–Kier alpha value is -2.85. The Balaban J connectivity index is 1.59. The minimum absolute atomic E-state index is 0.0128. The fourth-order valence-electron chi connectivity index (χ4n) is 2.55. The quantitative estimate of drug-likeness (QED) is 0.565. The molecule has 0 fully saturated rings. The summed E-state index contributed by atoms with van der Waals surface area (Å²) < 4.78 is 37.5. The lowest BCUT2D eigenvalue weighted by Crippen LogP contribution is -2.15. The molecule has 132 valence electrons. The minimum Gasteiger partial charge on any atom is -0.246 e. The fourth-order valence-corrected chi connectivity index (χ4v) is 4.27. The summed E-state index contributed by atoms with van der Waals surface area (Å²) in [6.07, 6.45) is 1.50. The van der Waals surface area contributed by atoms with Crippen LogP contribution in [0.15, 0.2) is 53.7 Å². The molecule has 0 spiro atoms. The fraction of sp³-hybridized carbons (Fsp3) is 0.125. The number of anilines is 1. The Kier molecular flexibility index (Phi) is 4.13. The summed E-state index contributed by atoms with van der Waals surface area (Å²) in [5, 5.41) is 4.21. The zero-order chi connectivity index (χ0) is 18.1. The largest absolute Gasteiger partial charge is 0.266 e. The van der Waals surface area contributed by atoms with E-state index >= 15 is 0 Å². The van der Waals surface area contributed by atoms with Crippen molar-refractivity contribution in [3.63, 3.8) is 0 Å². The molecule has 0 saturated carbocycles. The second kappa shape index (κ2) is 6.46. The Labute approximate surface area is 153 Å². The maximum absolute atomic E-state index is 12.7. The molecule has 2 aromatic heterocycles. The molecule has 2 heterocycles. The molecule has 2 aromatic carbocycles. The van der Waals surface area contributed by atoms with Gasteiger partial charge in [-0.15, -0.1) is 5.10 Å². The first-order valence-electron chi connectivity index (χ1n) is 7.71. The van der Waals surface area contributed by atoms with Gasteiger partial charge in [0.15, 0.2) is 0 Å². The van der Waals surface area contributed by atoms with Crippen molar-refractivity contribution >= 4 is 38.7 Å². The highest BCUT2D eigenvalue weighted by Gasteiger charge is 2.21. The molecule has 0 amide bonds. The van der Waals surface area contributed by atoms with Crippen LogP contribution in [0, 0.1) is 6.92 Å². The molecular formula is C16H14N6O2S2. The maximum Gasteiger partial charge on any atom is 0.266 e. The van der Waals surface area contributed by atoms with Crippen molar-refractivity contribution in [1.29, 1.82) is 0 Å². The molecule has 0 bridgehead atoms. The Morgan fingerprint density at radius 2 is 1.96 bits per heavy atom. The number of fused-ring (bicyclic) bond motifs is 1. The SMILES string of the molecule is Cc1ccccc1Cn1cnc(NS(=O)(=O)c2cccc3nsnc23)n1. The molecule has 0 aliphatic carbocycles. The van der Waals surface area contributed by atoms with E-state index in [2.05, 4.69) is 23.6 Å². The molecule has 4 rings (SSSR count). The van der Waals surface area contributed by atoms with Crippen LogP contribution in [0.4, 0.5) is 5.95 Å². The lowest BCUT2D eigenvalue weighted by Gasteiger charge is -2.06. The highest BCUT2D eigenvalue weighted by molar-refractivity contribution is 7.93. The van der Waals surface area contributed by atoms with E-state index in [0.29, 0.717) is 17.6 Å². The number of hydrogen-bond acceptors (Lipinski definition) is 7. The normalized spacial score (nSPS) is 11.7. The highest BCUT2D eigenvalue weighted by Crippen LogP contribution is 2.22. The predicted octanol–water partition coefficient (Wildman–Crippen LogP) is 2.44. The summed E-state index contributed by atoms with van der Waals surface area (Å²) in [6.45, 7) is 2.52. The second-order valence-corrected chi connectivity index (χ2v) is 7.87. The van der Waals surface area contributed by atoms with Gasteiger partial charge < -0.3 is 0 Å². The van der Waals surface area contributed by atoms with E-state index < -0.39 is 10.0 Å². The van der Waals surface area contributed by atoms with Crippen molar-refractivity contribution in [3.05, 3.63) is 59.9 Å². The number of rotatable bonds is 5. The first kappa shape index (κ1) is 16.6. The average molecular weight is 386 g/mol. The number of sulfonamides is 1. The van der Waals surface area contributed by atoms with Crippen molar-refractivity contribution in [2.24, 2.45) is 0 Å². The van der Waals surface area contributed by atoms with E-state index in [1.165, 1.54) is 12.4 Å². The first-order valence-corrected chi connectivity index (χ1v) is 9.92. The van der Waals surface area contributed by atoms with Crippen LogP contribution in [0.3, 0.4) is 0 Å². The molecule has 1 N–H and O–H groups in total. The molecule has 0 atom stereocenters. The van der Waals surface area contributed by atoms with Gasteiger partial charge in [-0.1, -0.05) is 30.3 Å². The Morgan fingerprint density at radius 3 is 2.81 bits per heavy atom. The number of benzene rings is 2. The molecule has 4 aromatic rings. The van der Waals surface area contributed by atoms with E-state index in [4.69, 9.17) is 0 Å². The Bertz CT molecular complexity index is 1180. The molecule has 10 heteroatoms. The smallest absolute Gasteiger partial charge is 0.246 e. The van der Waals surface area contributed by atoms with E-state index in [-0.39, 0.29) is 10.8 Å². The van der Waals surface area contributed by atoms with Crippen molar-refractivity contribution in [1.82, 2.24) is 23.5 Å². The number of nitrogens with zero attached hydrogens (tertiary/aromatic N) is 5. The van der Waals surface area contributed by atoms with Gasteiger partial charge in [0, 0.05) is 0 Å². The van der Waals surface area contributed by atoms with Crippen molar-refractivity contribution in [2.45, 2.75) is 18.4 Å². The van der Waals surface area contributed by atoms with Crippen LogP contribution in [-0.4, -0.2) is 31.9 Å². The number of aryl methyl sites for hydroxylation is 1. The van der Waals surface area contributed by atoms with E-state index in [0.717, 1.165) is 22.9 Å². The summed E-state index contributed by atoms with van der Waals surface area (Å²) in [5.74, 6) is 0.0128. The predicted molar refractivity (Wildman–Crippen MR) is 98.5 cm³/mol. The van der Waals surface area contributed by atoms with Gasteiger partial charge in [0.05, 0.1) is 18.3 Å². The molecule has 0 radical (unpaired) electrons. The van der Waals surface area contributed by atoms with Crippen LogP contribution < -0.4 is 4.72 Å². The van der Waals surface area contributed by atoms with Crippen LogP contribution in [-0.2, 0) is 16.6 Å². The number of hydrogen-bond donors (Lipinski definition) is 1. The standard InChI is InChI=1S/C16H14N6O2S2/c1-11-5-2-3-6-12(11)9-22-10-17-16(18-22)21-26(23,24)14-8-4-7-13-15(14)20-25-19-13/h2-8,10H,9H2,1H3,(H,18,21). The molecular weight excluding hydrogens is 372 g/mol. The highest BCUT2D eigenvalue weighted by atomic mass is 32.2. The van der Waals surface area contributed by atoms with Gasteiger partial charge in [-0.2, -0.15) is 13.7 Å². The monoisotopic (exact) mass is 386 g/mol. The molecule has 8 nitrogen and oxygen atoms in total. The summed E-state index contributed by atoms with van der Waals surface area (Å²) in [7, 11) is -3.86. The van der Waals surface area contributed by atoms with Gasteiger partial charge in [-0.05, 0) is 30.2 Å². The maximum atomic E-state index is 12.7. The third kappa shape index (κ3) is 3.16. The second-order valence-electron chi connectivity index (χ2n) is 5.69. The van der Waals surface area contributed by atoms with Crippen LogP contribution in [0.2, 0.25) is 0 Å². The zero-order valence-electron chi connectivity index (χ0n) is 13.7. The summed E-state index contributed by atoms with van der Waals surface area (Å²) in [5.41, 5.74) is 3.10. The van der Waals surface area contributed by atoms with Crippen molar-refractivity contribution in [2.75, 3.05) is 4.72 Å². The van der Waals surface area contributed by atoms with Gasteiger partial charge in [-0.3, -0.25) is 0 Å². The topological polar surface area (TPSA) is 103 Å². The van der Waals surface area contributed by atoms with Crippen molar-refractivity contribution < 1.29 is 8.42 Å². The van der Waals surface area contributed by atoms with Crippen LogP contribution >= 0.6 is 11.7 Å². The minimum atomic E-state index is -3.86. The summed E-state index contributed by atoms with van der Waals surface area (Å²) >= 11 is 0.969. The van der Waals surface area contributed by atoms with Gasteiger partial charge >= 0.3 is 0 Å². The molecule has 0 aliphatic heterocycles. The molecule has 0 unspecified atom stereocenters. The average Bonchev–Trinajstić information content (AvgIpc) is 3.25. The summed E-state index contributed by atoms with van der Waals surface area (Å²) in [6, 6.07) is 12.8. The van der Waals surface area contributed by atoms with Gasteiger partial charge in [0.1, 0.15) is 22.3 Å². The molecule has 0 saturated heterocycles. The number of nitrogens with one attached hydrogen (secondary N) is 1.